The lowest BCUT2D eigenvalue weighted by atomic mass is 9.99. The molecular formula is C24H35N5O3. The molecule has 0 unspecified atom stereocenters. The Kier molecular flexibility index (Phi) is 7.44. The Morgan fingerprint density at radius 3 is 2.69 bits per heavy atom. The van der Waals surface area contributed by atoms with Crippen molar-refractivity contribution in [3.8, 4) is 5.75 Å². The number of amides is 1. The largest absolute Gasteiger partial charge is 0.492 e. The van der Waals surface area contributed by atoms with Gasteiger partial charge in [-0.05, 0) is 43.0 Å². The van der Waals surface area contributed by atoms with E-state index in [1.54, 1.807) is 13.1 Å². The molecule has 3 heterocycles. The second-order valence-electron chi connectivity index (χ2n) is 9.20. The zero-order chi connectivity index (χ0) is 22.4. The molecule has 2 saturated heterocycles. The minimum atomic E-state index is -0.656. The van der Waals surface area contributed by atoms with Crippen LogP contribution in [0.3, 0.4) is 0 Å². The van der Waals surface area contributed by atoms with Crippen molar-refractivity contribution in [2.45, 2.75) is 50.9 Å². The number of likely N-dealkylation sites (tertiary alicyclic amines) is 2. The Bertz CT molecular complexity index is 849. The normalized spacial score (nSPS) is 22.8. The van der Waals surface area contributed by atoms with Gasteiger partial charge in [-0.1, -0.05) is 12.1 Å². The van der Waals surface area contributed by atoms with Crippen LogP contribution in [-0.4, -0.2) is 81.6 Å². The molecule has 2 aromatic rings. The molecule has 0 spiro atoms. The van der Waals surface area contributed by atoms with E-state index in [0.29, 0.717) is 19.7 Å². The third kappa shape index (κ3) is 6.54. The molecule has 0 bridgehead atoms. The summed E-state index contributed by atoms with van der Waals surface area (Å²) in [5.41, 5.74) is 0.570. The Balaban J connectivity index is 1.18. The predicted octanol–water partition coefficient (Wildman–Crippen LogP) is 1.50. The predicted molar refractivity (Wildman–Crippen MR) is 122 cm³/mol. The maximum Gasteiger partial charge on any atom is 0.217 e. The lowest BCUT2D eigenvalue weighted by Crippen LogP contribution is -2.50. The van der Waals surface area contributed by atoms with Crippen LogP contribution in [0.25, 0.3) is 0 Å². The van der Waals surface area contributed by atoms with Gasteiger partial charge in [0.1, 0.15) is 12.4 Å². The number of hydrogen-bond donors (Lipinski definition) is 2. The molecule has 1 amide bonds. The number of nitrogens with zero attached hydrogens (tertiary/aromatic N) is 4. The van der Waals surface area contributed by atoms with Crippen molar-refractivity contribution in [3.63, 3.8) is 0 Å². The quantitative estimate of drug-likeness (QED) is 0.614. The van der Waals surface area contributed by atoms with Gasteiger partial charge in [0.2, 0.25) is 5.91 Å². The van der Waals surface area contributed by atoms with E-state index in [-0.39, 0.29) is 11.9 Å². The molecule has 0 radical (unpaired) electrons. The second kappa shape index (κ2) is 10.5. The lowest BCUT2D eigenvalue weighted by molar-refractivity contribution is -0.120. The van der Waals surface area contributed by atoms with Crippen molar-refractivity contribution in [2.24, 2.45) is 0 Å². The molecular weight excluding hydrogens is 406 g/mol. The van der Waals surface area contributed by atoms with Crippen molar-refractivity contribution in [3.05, 3.63) is 48.3 Å². The highest BCUT2D eigenvalue weighted by molar-refractivity contribution is 5.73. The fraction of sp³-hybridized carbons (Fsp3) is 0.583. The summed E-state index contributed by atoms with van der Waals surface area (Å²) in [6.45, 7) is 7.88. The molecule has 2 aliphatic rings. The smallest absolute Gasteiger partial charge is 0.217 e. The molecule has 32 heavy (non-hydrogen) atoms. The third-order valence-electron chi connectivity index (χ3n) is 6.40. The zero-order valence-electron chi connectivity index (χ0n) is 18.9. The summed E-state index contributed by atoms with van der Waals surface area (Å²) >= 11 is 0. The van der Waals surface area contributed by atoms with E-state index in [2.05, 4.69) is 32.3 Å². The standard InChI is InChI=1S/C24H35N5O3/c1-20(30)26-22-7-12-27(13-8-22)18-24(31)9-14-28(19-24)17-21-3-5-23(6-4-21)32-16-15-29-11-2-10-25-29/h2-6,10-11,22,31H,7-9,12-19H2,1H3,(H,26,30)/t24-/m0/s1. The minimum Gasteiger partial charge on any atom is -0.492 e. The number of hydrogen-bond acceptors (Lipinski definition) is 6. The highest BCUT2D eigenvalue weighted by atomic mass is 16.5. The molecule has 2 fully saturated rings. The van der Waals surface area contributed by atoms with E-state index in [0.717, 1.165) is 57.7 Å². The first-order valence-electron chi connectivity index (χ1n) is 11.6. The van der Waals surface area contributed by atoms with Gasteiger partial charge in [-0.25, -0.2) is 0 Å². The fourth-order valence-electron chi connectivity index (χ4n) is 4.78. The average Bonchev–Trinajstić information content (AvgIpc) is 3.40. The summed E-state index contributed by atoms with van der Waals surface area (Å²) in [5, 5.41) is 18.3. The number of ether oxygens (including phenoxy) is 1. The van der Waals surface area contributed by atoms with Crippen molar-refractivity contribution < 1.29 is 14.6 Å². The molecule has 1 aromatic heterocycles. The summed E-state index contributed by atoms with van der Waals surface area (Å²) in [4.78, 5) is 15.9. The number of piperidine rings is 1. The van der Waals surface area contributed by atoms with Crippen LogP contribution in [0, 0.1) is 0 Å². The molecule has 0 saturated carbocycles. The highest BCUT2D eigenvalue weighted by Gasteiger charge is 2.38. The van der Waals surface area contributed by atoms with Crippen molar-refractivity contribution in [1.82, 2.24) is 24.9 Å². The van der Waals surface area contributed by atoms with E-state index in [9.17, 15) is 9.90 Å². The number of nitrogens with one attached hydrogen (secondary N) is 1. The first-order chi connectivity index (χ1) is 15.5. The van der Waals surface area contributed by atoms with Crippen LogP contribution < -0.4 is 10.1 Å². The van der Waals surface area contributed by atoms with E-state index < -0.39 is 5.60 Å². The number of carbonyl (C=O) groups is 1. The number of β-amino-alcohol motifs (C(OH)–C–C–N with tert-alkyl or cyclic N) is 1. The van der Waals surface area contributed by atoms with Crippen LogP contribution in [-0.2, 0) is 17.9 Å². The maximum absolute atomic E-state index is 11.2. The van der Waals surface area contributed by atoms with Gasteiger partial charge in [0.05, 0.1) is 12.1 Å². The van der Waals surface area contributed by atoms with E-state index >= 15 is 0 Å². The summed E-state index contributed by atoms with van der Waals surface area (Å²) in [5.74, 6) is 0.906. The van der Waals surface area contributed by atoms with Crippen LogP contribution in [0.2, 0.25) is 0 Å². The third-order valence-corrected chi connectivity index (χ3v) is 6.40. The zero-order valence-corrected chi connectivity index (χ0v) is 18.9. The van der Waals surface area contributed by atoms with Crippen LogP contribution in [0.15, 0.2) is 42.7 Å². The number of aromatic nitrogens is 2. The highest BCUT2D eigenvalue weighted by Crippen LogP contribution is 2.26. The van der Waals surface area contributed by atoms with Crippen LogP contribution in [0.5, 0.6) is 5.75 Å². The van der Waals surface area contributed by atoms with Gasteiger partial charge in [-0.2, -0.15) is 5.10 Å². The van der Waals surface area contributed by atoms with Crippen molar-refractivity contribution in [2.75, 3.05) is 39.3 Å². The molecule has 4 rings (SSSR count). The van der Waals surface area contributed by atoms with Gasteiger partial charge < -0.3 is 20.1 Å². The fourth-order valence-corrected chi connectivity index (χ4v) is 4.78. The molecule has 174 valence electrons. The van der Waals surface area contributed by atoms with Gasteiger partial charge >= 0.3 is 0 Å². The monoisotopic (exact) mass is 441 g/mol. The Hall–Kier alpha value is -2.42. The molecule has 2 aliphatic heterocycles. The van der Waals surface area contributed by atoms with Crippen molar-refractivity contribution >= 4 is 5.91 Å². The van der Waals surface area contributed by atoms with E-state index in [1.165, 1.54) is 5.56 Å². The first kappa shape index (κ1) is 22.8. The van der Waals surface area contributed by atoms with Crippen LogP contribution in [0.1, 0.15) is 31.7 Å². The first-order valence-corrected chi connectivity index (χ1v) is 11.6. The number of carbonyl (C=O) groups excluding carboxylic acids is 1. The summed E-state index contributed by atoms with van der Waals surface area (Å²) in [7, 11) is 0. The van der Waals surface area contributed by atoms with E-state index in [4.69, 9.17) is 4.74 Å². The second-order valence-corrected chi connectivity index (χ2v) is 9.20. The molecule has 0 aliphatic carbocycles. The van der Waals surface area contributed by atoms with Gasteiger partial charge in [-0.15, -0.1) is 0 Å². The maximum atomic E-state index is 11.2. The molecule has 1 atom stereocenters. The van der Waals surface area contributed by atoms with Crippen LogP contribution >= 0.6 is 0 Å². The Labute approximate surface area is 190 Å². The van der Waals surface area contributed by atoms with Gasteiger partial charge in [-0.3, -0.25) is 14.4 Å². The average molecular weight is 442 g/mol. The van der Waals surface area contributed by atoms with Crippen LogP contribution in [0.4, 0.5) is 0 Å². The number of benzene rings is 1. The SMILES string of the molecule is CC(=O)NC1CCN(C[C@@]2(O)CCN(Cc3ccc(OCCn4cccn4)cc3)C2)CC1. The molecule has 8 heteroatoms. The summed E-state index contributed by atoms with van der Waals surface area (Å²) in [6.07, 6.45) is 6.40. The Morgan fingerprint density at radius 2 is 2.00 bits per heavy atom. The molecule has 8 nitrogen and oxygen atoms in total. The van der Waals surface area contributed by atoms with Gasteiger partial charge in [0.25, 0.3) is 0 Å². The van der Waals surface area contributed by atoms with Gasteiger partial charge in [0.15, 0.2) is 0 Å². The Morgan fingerprint density at radius 1 is 1.22 bits per heavy atom. The minimum absolute atomic E-state index is 0.0438. The topological polar surface area (TPSA) is 82.9 Å². The number of aliphatic hydroxyl groups is 1. The lowest BCUT2D eigenvalue weighted by Gasteiger charge is -2.36. The van der Waals surface area contributed by atoms with Gasteiger partial charge in [0, 0.05) is 64.6 Å². The summed E-state index contributed by atoms with van der Waals surface area (Å²) in [6, 6.07) is 10.4. The van der Waals surface area contributed by atoms with Crippen molar-refractivity contribution in [1.29, 1.82) is 0 Å². The number of rotatable bonds is 9. The summed E-state index contributed by atoms with van der Waals surface area (Å²) < 4.78 is 7.66. The molecule has 2 N–H and O–H groups in total. The van der Waals surface area contributed by atoms with E-state index in [1.807, 2.05) is 29.1 Å². The molecule has 1 aromatic carbocycles.